The van der Waals surface area contributed by atoms with E-state index < -0.39 is 0 Å². The zero-order chi connectivity index (χ0) is 12.5. The highest BCUT2D eigenvalue weighted by molar-refractivity contribution is 9.10. The Labute approximate surface area is 109 Å². The molecule has 1 heterocycles. The van der Waals surface area contributed by atoms with Crippen molar-refractivity contribution in [1.29, 1.82) is 0 Å². The summed E-state index contributed by atoms with van der Waals surface area (Å²) in [5, 5.41) is 2.77. The van der Waals surface area contributed by atoms with Gasteiger partial charge in [0.15, 0.2) is 0 Å². The third-order valence-corrected chi connectivity index (χ3v) is 4.83. The van der Waals surface area contributed by atoms with Crippen molar-refractivity contribution in [2.24, 2.45) is 0 Å². The van der Waals surface area contributed by atoms with E-state index in [0.717, 1.165) is 9.35 Å². The van der Waals surface area contributed by atoms with Gasteiger partial charge in [0, 0.05) is 11.4 Å². The molecule has 1 aromatic rings. The van der Waals surface area contributed by atoms with Gasteiger partial charge in [-0.05, 0) is 28.3 Å². The summed E-state index contributed by atoms with van der Waals surface area (Å²) in [5.74, 6) is -0.0961. The maximum Gasteiger partial charge on any atom is 0.263 e. The highest BCUT2D eigenvalue weighted by Crippen LogP contribution is 2.42. The minimum absolute atomic E-state index is 0.0115. The van der Waals surface area contributed by atoms with Gasteiger partial charge in [-0.1, -0.05) is 20.8 Å². The van der Waals surface area contributed by atoms with Crippen molar-refractivity contribution in [1.82, 2.24) is 5.32 Å². The second-order valence-electron chi connectivity index (χ2n) is 4.60. The first-order chi connectivity index (χ1) is 7.29. The average molecular weight is 305 g/mol. The van der Waals surface area contributed by atoms with Gasteiger partial charge in [0.25, 0.3) is 5.91 Å². The summed E-state index contributed by atoms with van der Waals surface area (Å²) in [5.41, 5.74) is 6.46. The maximum atomic E-state index is 11.8. The molecule has 0 aliphatic heterocycles. The van der Waals surface area contributed by atoms with Gasteiger partial charge in [-0.15, -0.1) is 11.3 Å². The fourth-order valence-corrected chi connectivity index (χ4v) is 3.57. The van der Waals surface area contributed by atoms with Crippen molar-refractivity contribution in [3.63, 3.8) is 0 Å². The van der Waals surface area contributed by atoms with Crippen LogP contribution >= 0.6 is 27.3 Å². The molecule has 3 N–H and O–H groups in total. The summed E-state index contributed by atoms with van der Waals surface area (Å²) in [7, 11) is 0. The number of thiophene rings is 1. The summed E-state index contributed by atoms with van der Waals surface area (Å²) >= 11 is 4.92. The Balaban J connectivity index is 3.20. The van der Waals surface area contributed by atoms with Crippen LogP contribution in [0.1, 0.15) is 42.2 Å². The van der Waals surface area contributed by atoms with Crippen molar-refractivity contribution in [2.75, 3.05) is 12.3 Å². The van der Waals surface area contributed by atoms with Gasteiger partial charge in [0.05, 0.1) is 10.2 Å². The molecule has 0 saturated carbocycles. The fourth-order valence-electron chi connectivity index (χ4n) is 1.32. The largest absolute Gasteiger partial charge is 0.396 e. The van der Waals surface area contributed by atoms with E-state index in [1.807, 2.05) is 6.92 Å². The molecule has 16 heavy (non-hydrogen) atoms. The van der Waals surface area contributed by atoms with Crippen LogP contribution in [0.25, 0.3) is 0 Å². The zero-order valence-electron chi connectivity index (χ0n) is 9.98. The highest BCUT2D eigenvalue weighted by atomic mass is 79.9. The van der Waals surface area contributed by atoms with Gasteiger partial charge >= 0.3 is 0 Å². The van der Waals surface area contributed by atoms with E-state index in [1.54, 1.807) is 0 Å². The zero-order valence-corrected chi connectivity index (χ0v) is 12.4. The number of hydrogen-bond acceptors (Lipinski definition) is 3. The molecule has 5 heteroatoms. The molecule has 3 nitrogen and oxygen atoms in total. The lowest BCUT2D eigenvalue weighted by Gasteiger charge is -2.16. The lowest BCUT2D eigenvalue weighted by Crippen LogP contribution is -2.22. The summed E-state index contributed by atoms with van der Waals surface area (Å²) in [4.78, 5) is 13.5. The highest BCUT2D eigenvalue weighted by Gasteiger charge is 2.26. The van der Waals surface area contributed by atoms with Crippen molar-refractivity contribution >= 4 is 38.9 Å². The first-order valence-corrected chi connectivity index (χ1v) is 6.76. The molecule has 0 atom stereocenters. The number of anilines is 1. The third kappa shape index (κ3) is 2.58. The van der Waals surface area contributed by atoms with Crippen LogP contribution < -0.4 is 11.1 Å². The molecule has 90 valence electrons. The molecule has 0 aliphatic rings. The van der Waals surface area contributed by atoms with Crippen LogP contribution in [0.2, 0.25) is 0 Å². The van der Waals surface area contributed by atoms with E-state index in [1.165, 1.54) is 11.3 Å². The molecular formula is C11H17BrN2OS. The van der Waals surface area contributed by atoms with Crippen molar-refractivity contribution in [3.05, 3.63) is 14.2 Å². The number of nitrogens with two attached hydrogens (primary N) is 1. The molecule has 0 bridgehead atoms. The normalized spacial score (nSPS) is 11.6. The Kier molecular flexibility index (Phi) is 4.02. The molecule has 0 fully saturated rings. The van der Waals surface area contributed by atoms with Crippen LogP contribution in [-0.4, -0.2) is 12.5 Å². The maximum absolute atomic E-state index is 11.8. The van der Waals surface area contributed by atoms with Gasteiger partial charge in [-0.2, -0.15) is 0 Å². The molecule has 1 aromatic heterocycles. The number of carbonyl (C=O) groups is 1. The predicted octanol–water partition coefficient (Wildman–Crippen LogP) is 3.14. The molecule has 1 rings (SSSR count). The van der Waals surface area contributed by atoms with E-state index in [9.17, 15) is 4.79 Å². The van der Waals surface area contributed by atoms with Gasteiger partial charge in [0.2, 0.25) is 0 Å². The van der Waals surface area contributed by atoms with Crippen LogP contribution in [0.15, 0.2) is 4.47 Å². The fraction of sp³-hybridized carbons (Fsp3) is 0.545. The number of nitrogen functional groups attached to an aromatic ring is 1. The lowest BCUT2D eigenvalue weighted by molar-refractivity contribution is 0.0960. The predicted molar refractivity (Wildman–Crippen MR) is 73.1 cm³/mol. The number of carbonyl (C=O) groups excluding carboxylic acids is 1. The molecule has 0 aliphatic carbocycles. The second kappa shape index (κ2) is 4.75. The number of rotatable bonds is 2. The number of hydrogen-bond donors (Lipinski definition) is 2. The van der Waals surface area contributed by atoms with Gasteiger partial charge in [-0.3, -0.25) is 4.79 Å². The van der Waals surface area contributed by atoms with Gasteiger partial charge in [0.1, 0.15) is 4.88 Å². The average Bonchev–Trinajstić information content (AvgIpc) is 2.44. The Morgan fingerprint density at radius 3 is 2.44 bits per heavy atom. The SMILES string of the molecule is CCNC(=O)c1sc(C(C)(C)C)c(Br)c1N. The quantitative estimate of drug-likeness (QED) is 0.882. The van der Waals surface area contributed by atoms with Crippen molar-refractivity contribution in [2.45, 2.75) is 33.1 Å². The topological polar surface area (TPSA) is 55.1 Å². The molecule has 0 unspecified atom stereocenters. The Hall–Kier alpha value is -0.550. The van der Waals surface area contributed by atoms with Gasteiger partial charge < -0.3 is 11.1 Å². The second-order valence-corrected chi connectivity index (χ2v) is 6.41. The Morgan fingerprint density at radius 2 is 2.06 bits per heavy atom. The minimum atomic E-state index is -0.0961. The van der Waals surface area contributed by atoms with E-state index in [0.29, 0.717) is 17.1 Å². The Morgan fingerprint density at radius 1 is 1.50 bits per heavy atom. The first kappa shape index (κ1) is 13.5. The van der Waals surface area contributed by atoms with Crippen molar-refractivity contribution < 1.29 is 4.79 Å². The van der Waals surface area contributed by atoms with Crippen molar-refractivity contribution in [3.8, 4) is 0 Å². The Bertz CT molecular complexity index is 407. The van der Waals surface area contributed by atoms with E-state index >= 15 is 0 Å². The van der Waals surface area contributed by atoms with E-state index in [-0.39, 0.29) is 11.3 Å². The monoisotopic (exact) mass is 304 g/mol. The molecular weight excluding hydrogens is 288 g/mol. The van der Waals surface area contributed by atoms with Crippen LogP contribution in [0, 0.1) is 0 Å². The number of amides is 1. The number of halogens is 1. The standard InChI is InChI=1S/C11H17BrN2OS/c1-5-14-10(15)8-7(13)6(12)9(16-8)11(2,3)4/h5,13H2,1-4H3,(H,14,15). The smallest absolute Gasteiger partial charge is 0.263 e. The molecule has 0 spiro atoms. The first-order valence-electron chi connectivity index (χ1n) is 5.15. The van der Waals surface area contributed by atoms with Crippen LogP contribution in [0.4, 0.5) is 5.69 Å². The van der Waals surface area contributed by atoms with Crippen LogP contribution in [0.3, 0.4) is 0 Å². The third-order valence-electron chi connectivity index (χ3n) is 2.11. The van der Waals surface area contributed by atoms with E-state index in [4.69, 9.17) is 5.73 Å². The number of nitrogens with one attached hydrogen (secondary N) is 1. The summed E-state index contributed by atoms with van der Waals surface area (Å²) in [6.07, 6.45) is 0. The molecule has 0 saturated heterocycles. The molecule has 0 radical (unpaired) electrons. The molecule has 1 amide bonds. The minimum Gasteiger partial charge on any atom is -0.396 e. The van der Waals surface area contributed by atoms with Crippen LogP contribution in [-0.2, 0) is 5.41 Å². The summed E-state index contributed by atoms with van der Waals surface area (Å²) in [6.45, 7) is 8.81. The molecule has 0 aromatic carbocycles. The van der Waals surface area contributed by atoms with Crippen LogP contribution in [0.5, 0.6) is 0 Å². The lowest BCUT2D eigenvalue weighted by atomic mass is 9.94. The summed E-state index contributed by atoms with van der Waals surface area (Å²) in [6, 6.07) is 0. The van der Waals surface area contributed by atoms with E-state index in [2.05, 4.69) is 42.0 Å². The van der Waals surface area contributed by atoms with Gasteiger partial charge in [-0.25, -0.2) is 0 Å². The summed E-state index contributed by atoms with van der Waals surface area (Å²) < 4.78 is 0.853.